The Bertz CT molecular complexity index is 1090. The number of carbonyl (C=O) groups is 1. The van der Waals surface area contributed by atoms with Crippen LogP contribution in [0.3, 0.4) is 0 Å². The van der Waals surface area contributed by atoms with Gasteiger partial charge in [0.25, 0.3) is 5.91 Å². The molecule has 160 valence electrons. The molecule has 0 aromatic heterocycles. The monoisotopic (exact) mass is 412 g/mol. The summed E-state index contributed by atoms with van der Waals surface area (Å²) in [4.78, 5) is 15.7. The maximum absolute atomic E-state index is 13.8. The van der Waals surface area contributed by atoms with Gasteiger partial charge in [-0.1, -0.05) is 68.8 Å². The summed E-state index contributed by atoms with van der Waals surface area (Å²) in [5, 5.41) is 0. The number of hydrogen-bond acceptors (Lipinski definition) is 2. The van der Waals surface area contributed by atoms with E-state index in [0.717, 1.165) is 30.5 Å². The Balaban J connectivity index is 1.84. The standard InChI is InChI=1S/C28H32N2O/c1-5-9-20-12-14-21(15-13-20)26(31)30-25-18-23(29)16-17-24(25)28(4,19-27(30,2)3)22-10-7-6-8-11-22/h6-8,10-18H,5,9,19,29H2,1-4H3/t28-/m0/s1. The first kappa shape index (κ1) is 21.2. The molecule has 1 atom stereocenters. The molecule has 3 aromatic carbocycles. The molecule has 3 aromatic rings. The van der Waals surface area contributed by atoms with Crippen molar-refractivity contribution in [2.24, 2.45) is 0 Å². The molecule has 1 aliphatic heterocycles. The minimum Gasteiger partial charge on any atom is -0.399 e. The van der Waals surface area contributed by atoms with Crippen molar-refractivity contribution in [1.29, 1.82) is 0 Å². The zero-order valence-corrected chi connectivity index (χ0v) is 19.0. The third-order valence-electron chi connectivity index (χ3n) is 6.60. The van der Waals surface area contributed by atoms with Gasteiger partial charge in [-0.25, -0.2) is 0 Å². The summed E-state index contributed by atoms with van der Waals surface area (Å²) in [7, 11) is 0. The highest BCUT2D eigenvalue weighted by molar-refractivity contribution is 6.08. The van der Waals surface area contributed by atoms with Crippen molar-refractivity contribution < 1.29 is 4.79 Å². The molecule has 1 amide bonds. The summed E-state index contributed by atoms with van der Waals surface area (Å²) in [5.74, 6) is 0.0232. The zero-order valence-electron chi connectivity index (χ0n) is 19.0. The summed E-state index contributed by atoms with van der Waals surface area (Å²) in [6.45, 7) is 8.76. The lowest BCUT2D eigenvalue weighted by molar-refractivity contribution is 0.0949. The molecule has 0 fully saturated rings. The lowest BCUT2D eigenvalue weighted by Crippen LogP contribution is -2.55. The number of amides is 1. The molecule has 2 N–H and O–H groups in total. The third-order valence-corrected chi connectivity index (χ3v) is 6.60. The van der Waals surface area contributed by atoms with Crippen molar-refractivity contribution in [3.8, 4) is 0 Å². The maximum atomic E-state index is 13.8. The molecular formula is C28H32N2O. The number of aryl methyl sites for hydroxylation is 1. The van der Waals surface area contributed by atoms with Crippen molar-refractivity contribution in [2.75, 3.05) is 10.6 Å². The Kier molecular flexibility index (Phi) is 5.38. The Morgan fingerprint density at radius 3 is 2.29 bits per heavy atom. The molecule has 0 saturated heterocycles. The van der Waals surface area contributed by atoms with E-state index in [9.17, 15) is 4.79 Å². The van der Waals surface area contributed by atoms with Crippen molar-refractivity contribution in [3.05, 3.63) is 95.1 Å². The first-order valence-corrected chi connectivity index (χ1v) is 11.2. The quantitative estimate of drug-likeness (QED) is 0.507. The highest BCUT2D eigenvalue weighted by Gasteiger charge is 2.47. The normalized spacial score (nSPS) is 19.7. The Morgan fingerprint density at radius 1 is 0.968 bits per heavy atom. The van der Waals surface area contributed by atoms with Gasteiger partial charge < -0.3 is 10.6 Å². The summed E-state index contributed by atoms with van der Waals surface area (Å²) in [5.41, 5.74) is 11.6. The van der Waals surface area contributed by atoms with Gasteiger partial charge in [-0.3, -0.25) is 4.79 Å². The maximum Gasteiger partial charge on any atom is 0.258 e. The number of nitrogens with two attached hydrogens (primary N) is 1. The summed E-state index contributed by atoms with van der Waals surface area (Å²) in [6.07, 6.45) is 2.94. The average Bonchev–Trinajstić information content (AvgIpc) is 2.74. The molecule has 1 aliphatic rings. The number of benzene rings is 3. The minimum atomic E-state index is -0.384. The van der Waals surface area contributed by atoms with Gasteiger partial charge in [0, 0.05) is 22.2 Å². The first-order chi connectivity index (χ1) is 14.8. The van der Waals surface area contributed by atoms with Crippen LogP contribution in [-0.4, -0.2) is 11.4 Å². The van der Waals surface area contributed by atoms with Crippen LogP contribution in [-0.2, 0) is 11.8 Å². The van der Waals surface area contributed by atoms with Crippen LogP contribution < -0.4 is 10.6 Å². The van der Waals surface area contributed by atoms with E-state index in [1.807, 2.05) is 35.2 Å². The molecule has 3 heteroatoms. The van der Waals surface area contributed by atoms with Crippen molar-refractivity contribution in [2.45, 2.75) is 57.9 Å². The van der Waals surface area contributed by atoms with Gasteiger partial charge in [-0.15, -0.1) is 0 Å². The second-order valence-electron chi connectivity index (χ2n) is 9.55. The van der Waals surface area contributed by atoms with E-state index >= 15 is 0 Å². The van der Waals surface area contributed by atoms with Crippen LogP contribution in [0.4, 0.5) is 11.4 Å². The highest BCUT2D eigenvalue weighted by Crippen LogP contribution is 2.51. The fraction of sp³-hybridized carbons (Fsp3) is 0.321. The predicted octanol–water partition coefficient (Wildman–Crippen LogP) is 6.36. The minimum absolute atomic E-state index is 0.0232. The van der Waals surface area contributed by atoms with Gasteiger partial charge >= 0.3 is 0 Å². The van der Waals surface area contributed by atoms with Crippen LogP contribution in [0.1, 0.15) is 67.6 Å². The van der Waals surface area contributed by atoms with E-state index in [2.05, 4.69) is 70.2 Å². The van der Waals surface area contributed by atoms with Gasteiger partial charge in [0.15, 0.2) is 0 Å². The Hall–Kier alpha value is -3.07. The van der Waals surface area contributed by atoms with E-state index < -0.39 is 0 Å². The van der Waals surface area contributed by atoms with Crippen molar-refractivity contribution in [3.63, 3.8) is 0 Å². The topological polar surface area (TPSA) is 46.3 Å². The Labute approximate surface area is 185 Å². The van der Waals surface area contributed by atoms with Crippen LogP contribution >= 0.6 is 0 Å². The van der Waals surface area contributed by atoms with Crippen molar-refractivity contribution in [1.82, 2.24) is 0 Å². The third kappa shape index (κ3) is 3.74. The van der Waals surface area contributed by atoms with Gasteiger partial charge in [-0.05, 0) is 67.6 Å². The van der Waals surface area contributed by atoms with E-state index in [0.29, 0.717) is 11.3 Å². The van der Waals surface area contributed by atoms with Crippen LogP contribution in [0.2, 0.25) is 0 Å². The molecular weight excluding hydrogens is 380 g/mol. The number of nitrogen functional groups attached to an aromatic ring is 1. The SMILES string of the molecule is CCCc1ccc(C(=O)N2c3cc(N)ccc3[C@](C)(c3ccccc3)CC2(C)C)cc1. The number of nitrogens with zero attached hydrogens (tertiary/aromatic N) is 1. The Morgan fingerprint density at radius 2 is 1.65 bits per heavy atom. The van der Waals surface area contributed by atoms with E-state index in [1.165, 1.54) is 11.1 Å². The number of rotatable bonds is 4. The molecule has 0 bridgehead atoms. The lowest BCUT2D eigenvalue weighted by Gasteiger charge is -2.51. The van der Waals surface area contributed by atoms with E-state index in [1.54, 1.807) is 0 Å². The van der Waals surface area contributed by atoms with Gasteiger partial charge in [0.2, 0.25) is 0 Å². The molecule has 4 rings (SSSR count). The second kappa shape index (κ2) is 7.88. The number of fused-ring (bicyclic) bond motifs is 1. The van der Waals surface area contributed by atoms with Crippen LogP contribution in [0.5, 0.6) is 0 Å². The molecule has 0 unspecified atom stereocenters. The largest absolute Gasteiger partial charge is 0.399 e. The van der Waals surface area contributed by atoms with E-state index in [-0.39, 0.29) is 16.9 Å². The highest BCUT2D eigenvalue weighted by atomic mass is 16.2. The fourth-order valence-electron chi connectivity index (χ4n) is 5.25. The first-order valence-electron chi connectivity index (χ1n) is 11.2. The van der Waals surface area contributed by atoms with E-state index in [4.69, 9.17) is 5.73 Å². The zero-order chi connectivity index (χ0) is 22.2. The average molecular weight is 413 g/mol. The number of carbonyl (C=O) groups excluding carboxylic acids is 1. The second-order valence-corrected chi connectivity index (χ2v) is 9.55. The molecule has 31 heavy (non-hydrogen) atoms. The van der Waals surface area contributed by atoms with Gasteiger partial charge in [-0.2, -0.15) is 0 Å². The van der Waals surface area contributed by atoms with Gasteiger partial charge in [0.1, 0.15) is 0 Å². The molecule has 0 radical (unpaired) electrons. The summed E-state index contributed by atoms with van der Waals surface area (Å²) in [6, 6.07) is 24.6. The smallest absolute Gasteiger partial charge is 0.258 e. The summed E-state index contributed by atoms with van der Waals surface area (Å²) >= 11 is 0. The molecule has 0 aliphatic carbocycles. The molecule has 0 saturated carbocycles. The molecule has 3 nitrogen and oxygen atoms in total. The molecule has 0 spiro atoms. The van der Waals surface area contributed by atoms with Crippen LogP contribution in [0.15, 0.2) is 72.8 Å². The predicted molar refractivity (Wildman–Crippen MR) is 130 cm³/mol. The van der Waals surface area contributed by atoms with Gasteiger partial charge in [0.05, 0.1) is 5.69 Å². The lowest BCUT2D eigenvalue weighted by atomic mass is 9.65. The molecule has 1 heterocycles. The number of anilines is 2. The fourth-order valence-corrected chi connectivity index (χ4v) is 5.25. The number of hydrogen-bond donors (Lipinski definition) is 1. The summed E-state index contributed by atoms with van der Waals surface area (Å²) < 4.78 is 0. The van der Waals surface area contributed by atoms with Crippen LogP contribution in [0, 0.1) is 0 Å². The van der Waals surface area contributed by atoms with Crippen molar-refractivity contribution >= 4 is 17.3 Å². The van der Waals surface area contributed by atoms with Crippen LogP contribution in [0.25, 0.3) is 0 Å².